The lowest BCUT2D eigenvalue weighted by Gasteiger charge is -2.05. The summed E-state index contributed by atoms with van der Waals surface area (Å²) in [6.45, 7) is 0.317. The van der Waals surface area contributed by atoms with Gasteiger partial charge in [-0.2, -0.15) is 0 Å². The summed E-state index contributed by atoms with van der Waals surface area (Å²) in [7, 11) is 0. The first-order chi connectivity index (χ1) is 10.1. The third kappa shape index (κ3) is 3.22. The van der Waals surface area contributed by atoms with Crippen LogP contribution in [-0.2, 0) is 17.8 Å². The molecule has 0 atom stereocenters. The Morgan fingerprint density at radius 3 is 2.62 bits per heavy atom. The minimum absolute atomic E-state index is 0.0964. The van der Waals surface area contributed by atoms with Gasteiger partial charge in [0.1, 0.15) is 5.82 Å². The summed E-state index contributed by atoms with van der Waals surface area (Å²) in [6, 6.07) is 14.0. The number of halogens is 2. The third-order valence-corrected chi connectivity index (χ3v) is 3.89. The van der Waals surface area contributed by atoms with Crippen molar-refractivity contribution < 1.29 is 9.18 Å². The van der Waals surface area contributed by atoms with E-state index in [1.165, 1.54) is 12.1 Å². The number of carbonyl (C=O) groups excluding carboxylic acids is 1. The number of aromatic nitrogens is 1. The van der Waals surface area contributed by atoms with Crippen molar-refractivity contribution in [2.45, 2.75) is 13.0 Å². The number of hydrogen-bond acceptors (Lipinski definition) is 1. The van der Waals surface area contributed by atoms with Gasteiger partial charge >= 0.3 is 0 Å². The van der Waals surface area contributed by atoms with Crippen LogP contribution in [-0.4, -0.2) is 10.4 Å². The summed E-state index contributed by atoms with van der Waals surface area (Å²) in [5.74, 6) is -0.188. The first-order valence-corrected chi connectivity index (χ1v) is 7.42. The molecule has 0 bridgehead atoms. The van der Waals surface area contributed by atoms with E-state index >= 15 is 0 Å². The van der Waals surface area contributed by atoms with Crippen molar-refractivity contribution in [3.05, 3.63) is 70.6 Å². The lowest BCUT2D eigenvalue weighted by molar-refractivity contribution is -0.118. The van der Waals surface area contributed by atoms with E-state index in [0.717, 1.165) is 20.9 Å². The smallest absolute Gasteiger partial charge is 0.156 e. The van der Waals surface area contributed by atoms with Crippen LogP contribution in [0.3, 0.4) is 0 Å². The van der Waals surface area contributed by atoms with E-state index < -0.39 is 0 Å². The number of rotatable bonds is 4. The van der Waals surface area contributed by atoms with Crippen molar-refractivity contribution in [1.82, 2.24) is 4.57 Å². The predicted molar refractivity (Wildman–Crippen MR) is 84.7 cm³/mol. The van der Waals surface area contributed by atoms with Crippen LogP contribution >= 0.6 is 15.9 Å². The first-order valence-electron chi connectivity index (χ1n) is 6.62. The number of benzene rings is 2. The van der Waals surface area contributed by atoms with Gasteiger partial charge in [0.15, 0.2) is 5.78 Å². The van der Waals surface area contributed by atoms with Gasteiger partial charge in [0.25, 0.3) is 0 Å². The van der Waals surface area contributed by atoms with E-state index in [-0.39, 0.29) is 11.6 Å². The molecule has 0 radical (unpaired) electrons. The van der Waals surface area contributed by atoms with Gasteiger partial charge in [-0.3, -0.25) is 4.79 Å². The van der Waals surface area contributed by atoms with Gasteiger partial charge in [-0.25, -0.2) is 4.39 Å². The van der Waals surface area contributed by atoms with Crippen LogP contribution in [0.5, 0.6) is 0 Å². The molecular formula is C17H13BrFNO. The molecule has 2 aromatic carbocycles. The standard InChI is InChI=1S/C17H13BrFNO/c18-14-4-3-13-7-8-20(17(13)10-14)11-16(21)9-12-1-5-15(19)6-2-12/h1-8,10H,9,11H2. The van der Waals surface area contributed by atoms with E-state index in [0.29, 0.717) is 13.0 Å². The van der Waals surface area contributed by atoms with Crippen molar-refractivity contribution in [2.75, 3.05) is 0 Å². The molecule has 0 spiro atoms. The van der Waals surface area contributed by atoms with Crippen LogP contribution in [0, 0.1) is 5.82 Å². The lowest BCUT2D eigenvalue weighted by atomic mass is 10.1. The van der Waals surface area contributed by atoms with Crippen molar-refractivity contribution in [3.63, 3.8) is 0 Å². The van der Waals surface area contributed by atoms with Crippen LogP contribution in [0.15, 0.2) is 59.2 Å². The lowest BCUT2D eigenvalue weighted by Crippen LogP contribution is -2.11. The van der Waals surface area contributed by atoms with E-state index in [4.69, 9.17) is 0 Å². The molecule has 0 amide bonds. The fourth-order valence-electron chi connectivity index (χ4n) is 2.37. The highest BCUT2D eigenvalue weighted by atomic mass is 79.9. The Morgan fingerprint density at radius 1 is 1.10 bits per heavy atom. The minimum Gasteiger partial charge on any atom is -0.340 e. The molecule has 0 saturated heterocycles. The SMILES string of the molecule is O=C(Cc1ccc(F)cc1)Cn1ccc2ccc(Br)cc21. The highest BCUT2D eigenvalue weighted by Gasteiger charge is 2.08. The average Bonchev–Trinajstić information content (AvgIpc) is 2.84. The summed E-state index contributed by atoms with van der Waals surface area (Å²) in [5, 5.41) is 1.10. The van der Waals surface area contributed by atoms with E-state index in [2.05, 4.69) is 15.9 Å². The number of hydrogen-bond donors (Lipinski definition) is 0. The first kappa shape index (κ1) is 14.0. The molecular weight excluding hydrogens is 333 g/mol. The molecule has 0 aliphatic carbocycles. The van der Waals surface area contributed by atoms with Gasteiger partial charge < -0.3 is 4.57 Å². The maximum Gasteiger partial charge on any atom is 0.156 e. The molecule has 106 valence electrons. The second-order valence-corrected chi connectivity index (χ2v) is 5.90. The monoisotopic (exact) mass is 345 g/mol. The summed E-state index contributed by atoms with van der Waals surface area (Å²) >= 11 is 3.44. The molecule has 3 rings (SSSR count). The van der Waals surface area contributed by atoms with Crippen molar-refractivity contribution in [2.24, 2.45) is 0 Å². The van der Waals surface area contributed by atoms with Crippen molar-refractivity contribution in [1.29, 1.82) is 0 Å². The number of nitrogens with zero attached hydrogens (tertiary/aromatic N) is 1. The molecule has 0 N–H and O–H groups in total. The molecule has 1 heterocycles. The van der Waals surface area contributed by atoms with E-state index in [9.17, 15) is 9.18 Å². The molecule has 3 aromatic rings. The molecule has 0 aliphatic rings. The molecule has 0 saturated carbocycles. The molecule has 1 aromatic heterocycles. The van der Waals surface area contributed by atoms with Gasteiger partial charge in [-0.15, -0.1) is 0 Å². The van der Waals surface area contributed by atoms with E-state index in [1.807, 2.05) is 35.0 Å². The van der Waals surface area contributed by atoms with Gasteiger partial charge in [0.2, 0.25) is 0 Å². The third-order valence-electron chi connectivity index (χ3n) is 3.40. The van der Waals surface area contributed by atoms with Crippen LogP contribution in [0.25, 0.3) is 10.9 Å². The Hall–Kier alpha value is -1.94. The summed E-state index contributed by atoms with van der Waals surface area (Å²) < 4.78 is 15.8. The summed E-state index contributed by atoms with van der Waals surface area (Å²) in [5.41, 5.74) is 1.86. The summed E-state index contributed by atoms with van der Waals surface area (Å²) in [6.07, 6.45) is 2.23. The normalized spacial score (nSPS) is 11.0. The van der Waals surface area contributed by atoms with Crippen LogP contribution in [0.4, 0.5) is 4.39 Å². The molecule has 0 aliphatic heterocycles. The fourth-order valence-corrected chi connectivity index (χ4v) is 2.72. The van der Waals surface area contributed by atoms with Gasteiger partial charge in [-0.1, -0.05) is 34.1 Å². The second-order valence-electron chi connectivity index (χ2n) is 4.99. The van der Waals surface area contributed by atoms with Crippen LogP contribution < -0.4 is 0 Å². The van der Waals surface area contributed by atoms with Gasteiger partial charge in [0, 0.05) is 22.6 Å². The topological polar surface area (TPSA) is 22.0 Å². The summed E-state index contributed by atoms with van der Waals surface area (Å²) in [4.78, 5) is 12.2. The van der Waals surface area contributed by atoms with E-state index in [1.54, 1.807) is 12.1 Å². The number of ketones is 1. The molecule has 0 unspecified atom stereocenters. The highest BCUT2D eigenvalue weighted by molar-refractivity contribution is 9.10. The zero-order valence-corrected chi connectivity index (χ0v) is 12.8. The van der Waals surface area contributed by atoms with Crippen LogP contribution in [0.1, 0.15) is 5.56 Å². The quantitative estimate of drug-likeness (QED) is 0.688. The minimum atomic E-state index is -0.285. The maximum atomic E-state index is 12.8. The molecule has 2 nitrogen and oxygen atoms in total. The molecule has 0 fully saturated rings. The zero-order chi connectivity index (χ0) is 14.8. The highest BCUT2D eigenvalue weighted by Crippen LogP contribution is 2.21. The Morgan fingerprint density at radius 2 is 1.86 bits per heavy atom. The van der Waals surface area contributed by atoms with Crippen LogP contribution in [0.2, 0.25) is 0 Å². The fraction of sp³-hybridized carbons (Fsp3) is 0.118. The maximum absolute atomic E-state index is 12.8. The van der Waals surface area contributed by atoms with Gasteiger partial charge in [0.05, 0.1) is 6.54 Å². The zero-order valence-electron chi connectivity index (χ0n) is 11.2. The second kappa shape index (κ2) is 5.82. The Bertz CT molecular complexity index is 792. The average molecular weight is 346 g/mol. The molecule has 21 heavy (non-hydrogen) atoms. The van der Waals surface area contributed by atoms with Gasteiger partial charge in [-0.05, 0) is 41.3 Å². The number of carbonyl (C=O) groups is 1. The number of Topliss-reactive ketones (excluding diaryl/α,β-unsaturated/α-hetero) is 1. The van der Waals surface area contributed by atoms with Crippen molar-refractivity contribution >= 4 is 32.6 Å². The predicted octanol–water partition coefficient (Wildman–Crippen LogP) is 4.35. The number of fused-ring (bicyclic) bond motifs is 1. The van der Waals surface area contributed by atoms with Crippen molar-refractivity contribution in [3.8, 4) is 0 Å². The molecule has 4 heteroatoms. The Kier molecular flexibility index (Phi) is 3.88. The Labute approximate surface area is 130 Å². The largest absolute Gasteiger partial charge is 0.340 e. The Balaban J connectivity index is 1.77.